The predicted octanol–water partition coefficient (Wildman–Crippen LogP) is 2.03. The molecule has 0 heterocycles. The van der Waals surface area contributed by atoms with Crippen LogP contribution in [0.5, 0.6) is 0 Å². The molecule has 1 saturated carbocycles. The van der Waals surface area contributed by atoms with E-state index in [1.54, 1.807) is 11.1 Å². The van der Waals surface area contributed by atoms with Crippen LogP contribution in [-0.2, 0) is 0 Å². The van der Waals surface area contributed by atoms with Gasteiger partial charge in [-0.25, -0.2) is 0 Å². The van der Waals surface area contributed by atoms with Crippen molar-refractivity contribution in [1.82, 2.24) is 0 Å². The van der Waals surface area contributed by atoms with Crippen LogP contribution in [0.4, 0.5) is 0 Å². The van der Waals surface area contributed by atoms with Crippen LogP contribution >= 0.6 is 0 Å². The molecule has 0 nitrogen and oxygen atoms in total. The minimum absolute atomic E-state index is 1.31. The fourth-order valence-corrected chi connectivity index (χ4v) is 1.31. The van der Waals surface area contributed by atoms with Crippen molar-refractivity contribution in [3.8, 4) is 0 Å². The molecule has 0 saturated heterocycles. The van der Waals surface area contributed by atoms with E-state index in [-0.39, 0.29) is 0 Å². The van der Waals surface area contributed by atoms with Gasteiger partial charge in [0.1, 0.15) is 0 Å². The molecule has 3 aliphatic rings. The molecule has 1 fully saturated rings. The Kier molecular flexibility index (Phi) is 0.511. The number of hydrogen-bond acceptors (Lipinski definition) is 0. The zero-order valence-corrected chi connectivity index (χ0v) is 4.33. The lowest BCUT2D eigenvalue weighted by atomic mass is 9.84. The van der Waals surface area contributed by atoms with Crippen molar-refractivity contribution < 1.29 is 0 Å². The molecule has 0 amide bonds. The molecule has 0 N–H and O–H groups in total. The lowest BCUT2D eigenvalue weighted by Gasteiger charge is -2.20. The summed E-state index contributed by atoms with van der Waals surface area (Å²) in [5.41, 5.74) is 6.45. The first-order chi connectivity index (χ1) is 3.45. The molecule has 3 rings (SSSR count). The van der Waals surface area contributed by atoms with Gasteiger partial charge < -0.3 is 0 Å². The lowest BCUT2D eigenvalue weighted by Crippen LogP contribution is -2.02. The van der Waals surface area contributed by atoms with E-state index in [1.807, 2.05) is 0 Å². The highest BCUT2D eigenvalue weighted by Gasteiger charge is 2.15. The molecule has 7 heavy (non-hydrogen) atoms. The van der Waals surface area contributed by atoms with Crippen molar-refractivity contribution in [2.75, 3.05) is 0 Å². The predicted molar refractivity (Wildman–Crippen MR) is 29.0 cm³/mol. The maximum atomic E-state index is 3.31. The Morgan fingerprint density at radius 3 is 1.86 bits per heavy atom. The molecule has 0 aliphatic heterocycles. The van der Waals surface area contributed by atoms with Crippen LogP contribution in [0.25, 0.3) is 0 Å². The Bertz CT molecular complexity index is 143. The molecular weight excluding hydrogens is 84.1 g/mol. The first-order valence-corrected chi connectivity index (χ1v) is 2.91. The lowest BCUT2D eigenvalue weighted by molar-refractivity contribution is 0.682. The maximum Gasteiger partial charge on any atom is 0.00440 e. The molecule has 0 spiro atoms. The van der Waals surface area contributed by atoms with E-state index in [2.05, 4.69) is 5.73 Å². The molecule has 3 aliphatic carbocycles. The van der Waals surface area contributed by atoms with Crippen LogP contribution in [0.3, 0.4) is 0 Å². The van der Waals surface area contributed by atoms with Gasteiger partial charge in [0.2, 0.25) is 0 Å². The highest BCUT2D eigenvalue weighted by atomic mass is 14.2. The summed E-state index contributed by atoms with van der Waals surface area (Å²) < 4.78 is 0. The highest BCUT2D eigenvalue weighted by molar-refractivity contribution is 5.29. The third-order valence-electron chi connectivity index (χ3n) is 1.74. The van der Waals surface area contributed by atoms with Crippen molar-refractivity contribution >= 4 is 0 Å². The molecule has 0 unspecified atom stereocenters. The summed E-state index contributed by atoms with van der Waals surface area (Å²) in [6.07, 6.45) is 5.38. The minimum Gasteiger partial charge on any atom is -0.122 e. The van der Waals surface area contributed by atoms with Gasteiger partial charge in [0.15, 0.2) is 0 Å². The van der Waals surface area contributed by atoms with Gasteiger partial charge in [0, 0.05) is 6.42 Å². The van der Waals surface area contributed by atoms with Crippen LogP contribution < -0.4 is 0 Å². The quantitative estimate of drug-likeness (QED) is 0.401. The van der Waals surface area contributed by atoms with E-state index < -0.39 is 0 Å². The summed E-state index contributed by atoms with van der Waals surface area (Å²) >= 11 is 0. The minimum atomic E-state index is 1.31. The van der Waals surface area contributed by atoms with E-state index in [1.165, 1.54) is 25.7 Å². The first kappa shape index (κ1) is 3.51. The average molecular weight is 92.1 g/mol. The van der Waals surface area contributed by atoms with Crippen molar-refractivity contribution in [2.45, 2.75) is 25.7 Å². The largest absolute Gasteiger partial charge is 0.122 e. The van der Waals surface area contributed by atoms with Gasteiger partial charge in [-0.2, -0.15) is 0 Å². The van der Waals surface area contributed by atoms with Gasteiger partial charge in [-0.15, -0.1) is 5.73 Å². The third kappa shape index (κ3) is 0.374. The Morgan fingerprint density at radius 1 is 1.14 bits per heavy atom. The van der Waals surface area contributed by atoms with Crippen LogP contribution in [0.15, 0.2) is 16.9 Å². The summed E-state index contributed by atoms with van der Waals surface area (Å²) in [4.78, 5) is 0. The van der Waals surface area contributed by atoms with E-state index in [9.17, 15) is 0 Å². The molecule has 0 aromatic rings. The number of fused-ring (bicyclic) bond motifs is 2. The van der Waals surface area contributed by atoms with E-state index in [0.717, 1.165) is 0 Å². The molecule has 2 bridgehead atoms. The second-order valence-electron chi connectivity index (χ2n) is 2.36. The highest BCUT2D eigenvalue weighted by Crippen LogP contribution is 2.33. The van der Waals surface area contributed by atoms with Crippen molar-refractivity contribution in [2.24, 2.45) is 0 Å². The molecule has 0 aromatic carbocycles. The van der Waals surface area contributed by atoms with E-state index in [0.29, 0.717) is 0 Å². The Balaban J connectivity index is 2.43. The smallest absolute Gasteiger partial charge is 0.00440 e. The third-order valence-corrected chi connectivity index (χ3v) is 1.74. The standard InChI is InChI=1S/C7H8/c1-2-6-4-7(3-1)5-6/h1-4H2. The second-order valence-corrected chi connectivity index (χ2v) is 2.36. The molecule has 0 atom stereocenters. The van der Waals surface area contributed by atoms with Crippen LogP contribution in [-0.4, -0.2) is 0 Å². The molecular formula is C7H8. The summed E-state index contributed by atoms with van der Waals surface area (Å²) in [6, 6.07) is 0. The zero-order valence-electron chi connectivity index (χ0n) is 4.33. The summed E-state index contributed by atoms with van der Waals surface area (Å²) in [5.74, 6) is 0. The SMILES string of the molecule is C1=C2CCCC=1C2. The van der Waals surface area contributed by atoms with Crippen LogP contribution in [0, 0.1) is 0 Å². The topological polar surface area (TPSA) is 0 Å². The molecule has 0 heteroatoms. The average Bonchev–Trinajstić information content (AvgIpc) is 1.67. The van der Waals surface area contributed by atoms with E-state index >= 15 is 0 Å². The fourth-order valence-electron chi connectivity index (χ4n) is 1.31. The summed E-state index contributed by atoms with van der Waals surface area (Å²) in [7, 11) is 0. The molecule has 0 aromatic heterocycles. The molecule has 0 radical (unpaired) electrons. The van der Waals surface area contributed by atoms with E-state index in [4.69, 9.17) is 0 Å². The summed E-state index contributed by atoms with van der Waals surface area (Å²) in [5, 5.41) is 0. The Labute approximate surface area is 43.5 Å². The number of hydrogen-bond donors (Lipinski definition) is 0. The van der Waals surface area contributed by atoms with Crippen molar-refractivity contribution in [3.63, 3.8) is 0 Å². The summed E-state index contributed by atoms with van der Waals surface area (Å²) in [6.45, 7) is 0. The number of allylic oxidation sites excluding steroid dienone is 1. The van der Waals surface area contributed by atoms with Gasteiger partial charge >= 0.3 is 0 Å². The number of rotatable bonds is 0. The zero-order chi connectivity index (χ0) is 4.69. The van der Waals surface area contributed by atoms with Crippen molar-refractivity contribution in [3.05, 3.63) is 16.9 Å². The van der Waals surface area contributed by atoms with Gasteiger partial charge in [0.25, 0.3) is 0 Å². The van der Waals surface area contributed by atoms with Gasteiger partial charge in [-0.1, -0.05) is 0 Å². The second kappa shape index (κ2) is 1.02. The maximum absolute atomic E-state index is 3.31. The molecule has 36 valence electrons. The van der Waals surface area contributed by atoms with Gasteiger partial charge in [-0.3, -0.25) is 0 Å². The monoisotopic (exact) mass is 92.1 g/mol. The van der Waals surface area contributed by atoms with Crippen LogP contribution in [0.2, 0.25) is 0 Å². The first-order valence-electron chi connectivity index (χ1n) is 2.91. The Morgan fingerprint density at radius 2 is 1.71 bits per heavy atom. The van der Waals surface area contributed by atoms with Crippen LogP contribution in [0.1, 0.15) is 25.7 Å². The normalized spacial score (nSPS) is 25.1. The Hall–Kier alpha value is -0.480. The van der Waals surface area contributed by atoms with Gasteiger partial charge in [0.05, 0.1) is 0 Å². The van der Waals surface area contributed by atoms with Gasteiger partial charge in [-0.05, 0) is 30.4 Å². The van der Waals surface area contributed by atoms with Crippen molar-refractivity contribution in [1.29, 1.82) is 0 Å². The fraction of sp³-hybridized carbons (Fsp3) is 0.571.